The van der Waals surface area contributed by atoms with Crippen LogP contribution in [0.25, 0.3) is 0 Å². The first-order valence-electron chi connectivity index (χ1n) is 22.2. The van der Waals surface area contributed by atoms with E-state index in [1.165, 1.54) is 65.5 Å². The summed E-state index contributed by atoms with van der Waals surface area (Å²) in [5.41, 5.74) is 11.4. The average Bonchev–Trinajstić information content (AvgIpc) is 3.32. The fourth-order valence-electron chi connectivity index (χ4n) is 5.60. The zero-order valence-electron chi connectivity index (χ0n) is 38.0. The van der Waals surface area contributed by atoms with E-state index in [1.54, 1.807) is 11.1 Å². The summed E-state index contributed by atoms with van der Waals surface area (Å²) in [6, 6.07) is 71.1. The Morgan fingerprint density at radius 1 is 0.271 bits per heavy atom. The molecule has 0 spiro atoms. The average molecular weight is 785 g/mol. The third-order valence-electron chi connectivity index (χ3n) is 9.15. The van der Waals surface area contributed by atoms with Gasteiger partial charge in [0, 0.05) is 0 Å². The molecule has 0 aromatic heterocycles. The van der Waals surface area contributed by atoms with Crippen LogP contribution < -0.4 is 0 Å². The van der Waals surface area contributed by atoms with Crippen molar-refractivity contribution in [1.82, 2.24) is 0 Å². The monoisotopic (exact) mass is 785 g/mol. The maximum Gasteiger partial charge on any atom is -0.0276 e. The summed E-state index contributed by atoms with van der Waals surface area (Å²) >= 11 is 0. The highest BCUT2D eigenvalue weighted by atomic mass is 14.1. The van der Waals surface area contributed by atoms with Gasteiger partial charge in [0.25, 0.3) is 0 Å². The van der Waals surface area contributed by atoms with Gasteiger partial charge >= 0.3 is 0 Å². The summed E-state index contributed by atoms with van der Waals surface area (Å²) in [6.45, 7) is 17.1. The van der Waals surface area contributed by atoms with E-state index in [2.05, 4.69) is 201 Å². The van der Waals surface area contributed by atoms with Gasteiger partial charge in [-0.3, -0.25) is 0 Å². The minimum absolute atomic E-state index is 1.14. The maximum atomic E-state index is 2.26. The Balaban J connectivity index is 0.000000341. The molecule has 0 nitrogen and oxygen atoms in total. The van der Waals surface area contributed by atoms with Gasteiger partial charge in [-0.2, -0.15) is 0 Å². The lowest BCUT2D eigenvalue weighted by Gasteiger charge is -2.13. The van der Waals surface area contributed by atoms with Gasteiger partial charge in [0.1, 0.15) is 0 Å². The molecule has 0 unspecified atom stereocenters. The van der Waals surface area contributed by atoms with Crippen LogP contribution in [0.15, 0.2) is 206 Å². The highest BCUT2D eigenvalue weighted by Crippen LogP contribution is 2.19. The molecule has 0 heteroatoms. The summed E-state index contributed by atoms with van der Waals surface area (Å²) in [7, 11) is 0. The largest absolute Gasteiger partial charge is 0.0656 e. The van der Waals surface area contributed by atoms with Crippen LogP contribution in [0.5, 0.6) is 0 Å². The quantitative estimate of drug-likeness (QED) is 0.167. The fraction of sp³-hybridized carbons (Fsp3) is 0.288. The van der Waals surface area contributed by atoms with Crippen LogP contribution in [-0.2, 0) is 38.5 Å². The molecule has 0 amide bonds. The van der Waals surface area contributed by atoms with E-state index in [9.17, 15) is 0 Å². The highest BCUT2D eigenvalue weighted by molar-refractivity contribution is 5.29. The van der Waals surface area contributed by atoms with Gasteiger partial charge < -0.3 is 0 Å². The van der Waals surface area contributed by atoms with Gasteiger partial charge in [-0.1, -0.05) is 265 Å². The van der Waals surface area contributed by atoms with Crippen LogP contribution in [0, 0.1) is 13.8 Å². The first-order valence-corrected chi connectivity index (χ1v) is 22.2. The van der Waals surface area contributed by atoms with Crippen molar-refractivity contribution >= 4 is 0 Å². The van der Waals surface area contributed by atoms with Crippen molar-refractivity contribution in [3.8, 4) is 0 Å². The molecule has 1 aliphatic carbocycles. The molecule has 0 radical (unpaired) electrons. The van der Waals surface area contributed by atoms with Crippen molar-refractivity contribution in [3.05, 3.63) is 251 Å². The maximum absolute atomic E-state index is 2.26. The Kier molecular flexibility index (Phi) is 32.2. The van der Waals surface area contributed by atoms with Crippen molar-refractivity contribution < 1.29 is 0 Å². The fourth-order valence-corrected chi connectivity index (χ4v) is 5.60. The lowest BCUT2D eigenvalue weighted by molar-refractivity contribution is 0.685. The normalized spacial score (nSPS) is 10.1. The van der Waals surface area contributed by atoms with E-state index >= 15 is 0 Å². The second-order valence-corrected chi connectivity index (χ2v) is 14.3. The topological polar surface area (TPSA) is 0 Å². The molecule has 0 N–H and O–H groups in total. The van der Waals surface area contributed by atoms with Gasteiger partial charge in [-0.05, 0) is 98.6 Å². The smallest absolute Gasteiger partial charge is 0.0276 e. The van der Waals surface area contributed by atoms with Crippen LogP contribution in [0.2, 0.25) is 0 Å². The van der Waals surface area contributed by atoms with Crippen molar-refractivity contribution in [2.75, 3.05) is 0 Å². The number of benzene rings is 7. The van der Waals surface area contributed by atoms with Crippen molar-refractivity contribution in [3.63, 3.8) is 0 Å². The molecule has 0 aliphatic heterocycles. The van der Waals surface area contributed by atoms with Crippen LogP contribution in [0.1, 0.15) is 105 Å². The molecule has 0 saturated carbocycles. The third kappa shape index (κ3) is 28.6. The van der Waals surface area contributed by atoms with Crippen LogP contribution in [0.3, 0.4) is 0 Å². The molecule has 0 fully saturated rings. The molecule has 0 atom stereocenters. The molecule has 7 aromatic carbocycles. The number of hydrogen-bond acceptors (Lipinski definition) is 0. The first kappa shape index (κ1) is 51.6. The Morgan fingerprint density at radius 2 is 0.458 bits per heavy atom. The second-order valence-electron chi connectivity index (χ2n) is 14.3. The lowest BCUT2D eigenvalue weighted by Crippen LogP contribution is -2.00. The molecule has 0 saturated heterocycles. The Labute approximate surface area is 362 Å². The van der Waals surface area contributed by atoms with Gasteiger partial charge in [-0.15, -0.1) is 0 Å². The Bertz CT molecular complexity index is 1640. The van der Waals surface area contributed by atoms with E-state index in [0.29, 0.717) is 0 Å². The SMILES string of the molecule is CCC.CCc1ccccc1.CCc1ccccc1.CCc1ccccc1.CCc1ccccc1.Cc1ccccc1.Cc1ccccc1.c1ccc2c(c1)CCCC2. The zero-order chi connectivity index (χ0) is 43.0. The highest BCUT2D eigenvalue weighted by Gasteiger charge is 2.06. The number of fused-ring (bicyclic) bond motifs is 1. The molecule has 0 bridgehead atoms. The standard InChI is InChI=1S/C10H12.4C8H10.2C7H8.C3H8/c1-2-6-10-8-4-3-7-9(10)5-1;4*1-2-8-6-4-3-5-7-8;2*1-7-5-3-2-4-6-7;1-3-2/h1-2,5-6H,3-4,7-8H2;4*3-7H,2H2,1H3;2*2-6H,1H3;3H2,1-2H3. The van der Waals surface area contributed by atoms with Crippen molar-refractivity contribution in [2.45, 2.75) is 113 Å². The Hall–Kier alpha value is -5.46. The van der Waals surface area contributed by atoms with E-state index in [1.807, 2.05) is 60.7 Å². The predicted octanol–water partition coefficient (Wildman–Crippen LogP) is 17.0. The molecule has 1 aliphatic rings. The third-order valence-corrected chi connectivity index (χ3v) is 9.15. The van der Waals surface area contributed by atoms with Gasteiger partial charge in [-0.25, -0.2) is 0 Å². The van der Waals surface area contributed by atoms with E-state index < -0.39 is 0 Å². The van der Waals surface area contributed by atoms with Crippen LogP contribution in [-0.4, -0.2) is 0 Å². The van der Waals surface area contributed by atoms with E-state index in [-0.39, 0.29) is 0 Å². The summed E-state index contributed by atoms with van der Waals surface area (Å²) < 4.78 is 0. The first-order chi connectivity index (χ1) is 28.9. The summed E-state index contributed by atoms with van der Waals surface area (Å²) in [5, 5.41) is 0. The molecule has 8 rings (SSSR count). The molecule has 59 heavy (non-hydrogen) atoms. The molecular formula is C59H76. The zero-order valence-corrected chi connectivity index (χ0v) is 38.0. The van der Waals surface area contributed by atoms with E-state index in [4.69, 9.17) is 0 Å². The molecular weight excluding hydrogens is 709 g/mol. The second kappa shape index (κ2) is 36.9. The van der Waals surface area contributed by atoms with Gasteiger partial charge in [0.15, 0.2) is 0 Å². The predicted molar refractivity (Wildman–Crippen MR) is 265 cm³/mol. The minimum atomic E-state index is 1.14. The van der Waals surface area contributed by atoms with Crippen LogP contribution in [0.4, 0.5) is 0 Å². The van der Waals surface area contributed by atoms with E-state index in [0.717, 1.165) is 25.7 Å². The van der Waals surface area contributed by atoms with Crippen molar-refractivity contribution in [1.29, 1.82) is 0 Å². The number of rotatable bonds is 4. The molecule has 312 valence electrons. The molecule has 0 heterocycles. The lowest BCUT2D eigenvalue weighted by atomic mass is 9.92. The number of aryl methyl sites for hydroxylation is 8. The van der Waals surface area contributed by atoms with Gasteiger partial charge in [0.2, 0.25) is 0 Å². The number of hydrogen-bond donors (Lipinski definition) is 0. The summed E-state index contributed by atoms with van der Waals surface area (Å²) in [5.74, 6) is 0. The summed E-state index contributed by atoms with van der Waals surface area (Å²) in [4.78, 5) is 0. The Morgan fingerprint density at radius 3 is 0.610 bits per heavy atom. The summed E-state index contributed by atoms with van der Waals surface area (Å²) in [6.07, 6.45) is 11.2. The minimum Gasteiger partial charge on any atom is -0.0656 e. The molecule has 7 aromatic rings. The van der Waals surface area contributed by atoms with Crippen LogP contribution >= 0.6 is 0 Å². The van der Waals surface area contributed by atoms with Gasteiger partial charge in [0.05, 0.1) is 0 Å². The van der Waals surface area contributed by atoms with Crippen molar-refractivity contribution in [2.24, 2.45) is 0 Å².